The molecule has 1 fully saturated rings. The molecule has 2 N–H and O–H groups in total. The lowest BCUT2D eigenvalue weighted by molar-refractivity contribution is -0.124. The summed E-state index contributed by atoms with van der Waals surface area (Å²) in [6, 6.07) is 16.3. The number of ether oxygens (including phenoxy) is 2. The van der Waals surface area contributed by atoms with Crippen molar-refractivity contribution in [3.8, 4) is 5.75 Å². The molecule has 2 atom stereocenters. The molecule has 2 aromatic carbocycles. The molecule has 158 valence electrons. The fourth-order valence-corrected chi connectivity index (χ4v) is 4.13. The molecule has 0 saturated carbocycles. The molecule has 30 heavy (non-hydrogen) atoms. The summed E-state index contributed by atoms with van der Waals surface area (Å²) >= 11 is 0. The molecule has 2 heterocycles. The molecular formula is C24H29N3O3. The van der Waals surface area contributed by atoms with Crippen molar-refractivity contribution in [2.75, 3.05) is 39.9 Å². The van der Waals surface area contributed by atoms with Gasteiger partial charge in [0.05, 0.1) is 26.4 Å². The number of para-hydroxylation sites is 1. The van der Waals surface area contributed by atoms with E-state index < -0.39 is 0 Å². The number of H-pyrrole nitrogens is 1. The maximum Gasteiger partial charge on any atom is 0.234 e. The van der Waals surface area contributed by atoms with Crippen molar-refractivity contribution < 1.29 is 14.3 Å². The van der Waals surface area contributed by atoms with Gasteiger partial charge in [0.25, 0.3) is 0 Å². The SMILES string of the molecule is COc1ccc(C(CNC(=O)CN2CCOC(C)C2)c2c[nH]c3ccccc23)cc1. The Morgan fingerprint density at radius 3 is 2.83 bits per heavy atom. The highest BCUT2D eigenvalue weighted by molar-refractivity contribution is 5.84. The molecule has 1 aliphatic heterocycles. The van der Waals surface area contributed by atoms with Crippen LogP contribution in [0.3, 0.4) is 0 Å². The smallest absolute Gasteiger partial charge is 0.234 e. The third-order valence-electron chi connectivity index (χ3n) is 5.71. The van der Waals surface area contributed by atoms with Crippen LogP contribution in [0.1, 0.15) is 24.0 Å². The first-order chi connectivity index (χ1) is 14.6. The van der Waals surface area contributed by atoms with Gasteiger partial charge in [-0.15, -0.1) is 0 Å². The van der Waals surface area contributed by atoms with Crippen LogP contribution >= 0.6 is 0 Å². The highest BCUT2D eigenvalue weighted by Crippen LogP contribution is 2.31. The molecule has 0 radical (unpaired) electrons. The normalized spacial score (nSPS) is 18.3. The number of aromatic amines is 1. The number of carbonyl (C=O) groups excluding carboxylic acids is 1. The second-order valence-corrected chi connectivity index (χ2v) is 7.84. The Bertz CT molecular complexity index is 983. The molecule has 6 heteroatoms. The highest BCUT2D eigenvalue weighted by Gasteiger charge is 2.22. The first-order valence-electron chi connectivity index (χ1n) is 10.4. The van der Waals surface area contributed by atoms with E-state index in [1.54, 1.807) is 7.11 Å². The van der Waals surface area contributed by atoms with Gasteiger partial charge in [-0.05, 0) is 36.2 Å². The summed E-state index contributed by atoms with van der Waals surface area (Å²) in [5.74, 6) is 0.906. The minimum Gasteiger partial charge on any atom is -0.497 e. The van der Waals surface area contributed by atoms with Gasteiger partial charge in [0, 0.05) is 42.7 Å². The molecule has 4 rings (SSSR count). The average Bonchev–Trinajstić information content (AvgIpc) is 3.18. The Morgan fingerprint density at radius 2 is 2.07 bits per heavy atom. The number of benzene rings is 2. The number of nitrogens with one attached hydrogen (secondary N) is 2. The van der Waals surface area contributed by atoms with Crippen molar-refractivity contribution in [3.63, 3.8) is 0 Å². The Morgan fingerprint density at radius 1 is 1.27 bits per heavy atom. The molecule has 6 nitrogen and oxygen atoms in total. The van der Waals surface area contributed by atoms with E-state index in [2.05, 4.69) is 45.7 Å². The Kier molecular flexibility index (Phi) is 6.35. The zero-order chi connectivity index (χ0) is 20.9. The molecule has 0 spiro atoms. The minimum atomic E-state index is 0.0413. The minimum absolute atomic E-state index is 0.0413. The Labute approximate surface area is 177 Å². The van der Waals surface area contributed by atoms with Gasteiger partial charge < -0.3 is 19.8 Å². The summed E-state index contributed by atoms with van der Waals surface area (Å²) in [6.45, 7) is 5.24. The maximum absolute atomic E-state index is 12.7. The summed E-state index contributed by atoms with van der Waals surface area (Å²) < 4.78 is 10.9. The van der Waals surface area contributed by atoms with Crippen molar-refractivity contribution in [2.45, 2.75) is 18.9 Å². The van der Waals surface area contributed by atoms with E-state index in [0.29, 0.717) is 19.7 Å². The van der Waals surface area contributed by atoms with Gasteiger partial charge in [-0.2, -0.15) is 0 Å². The Hall–Kier alpha value is -2.83. The highest BCUT2D eigenvalue weighted by atomic mass is 16.5. The zero-order valence-corrected chi connectivity index (χ0v) is 17.6. The lowest BCUT2D eigenvalue weighted by Crippen LogP contribution is -2.46. The summed E-state index contributed by atoms with van der Waals surface area (Å²) in [4.78, 5) is 18.2. The number of methoxy groups -OCH3 is 1. The third-order valence-corrected chi connectivity index (χ3v) is 5.71. The summed E-state index contributed by atoms with van der Waals surface area (Å²) in [5, 5.41) is 4.33. The number of hydrogen-bond acceptors (Lipinski definition) is 4. The summed E-state index contributed by atoms with van der Waals surface area (Å²) in [7, 11) is 1.67. The second-order valence-electron chi connectivity index (χ2n) is 7.84. The number of morpholine rings is 1. The topological polar surface area (TPSA) is 66.6 Å². The van der Waals surface area contributed by atoms with Crippen LogP contribution in [0.2, 0.25) is 0 Å². The molecule has 1 aliphatic rings. The number of aromatic nitrogens is 1. The summed E-state index contributed by atoms with van der Waals surface area (Å²) in [5.41, 5.74) is 3.41. The van der Waals surface area contributed by atoms with Crippen LogP contribution in [0.5, 0.6) is 5.75 Å². The molecule has 2 unspecified atom stereocenters. The number of carbonyl (C=O) groups is 1. The lowest BCUT2D eigenvalue weighted by Gasteiger charge is -2.30. The van der Waals surface area contributed by atoms with Crippen LogP contribution in [-0.2, 0) is 9.53 Å². The number of amides is 1. The van der Waals surface area contributed by atoms with E-state index in [1.807, 2.05) is 31.2 Å². The standard InChI is InChI=1S/C24H29N3O3/c1-17-15-27(11-12-30-17)16-24(28)26-13-21(18-7-9-19(29-2)10-8-18)22-14-25-23-6-4-3-5-20(22)23/h3-10,14,17,21,25H,11-13,15-16H2,1-2H3,(H,26,28). The van der Waals surface area contributed by atoms with E-state index >= 15 is 0 Å². The molecule has 1 saturated heterocycles. The van der Waals surface area contributed by atoms with E-state index in [0.717, 1.165) is 29.9 Å². The fourth-order valence-electron chi connectivity index (χ4n) is 4.13. The molecule has 0 bridgehead atoms. The van der Waals surface area contributed by atoms with Crippen LogP contribution in [0.25, 0.3) is 10.9 Å². The zero-order valence-electron chi connectivity index (χ0n) is 17.6. The van der Waals surface area contributed by atoms with Gasteiger partial charge in [-0.25, -0.2) is 0 Å². The van der Waals surface area contributed by atoms with Crippen molar-refractivity contribution in [3.05, 3.63) is 65.9 Å². The maximum atomic E-state index is 12.7. The average molecular weight is 408 g/mol. The van der Waals surface area contributed by atoms with Crippen molar-refractivity contribution >= 4 is 16.8 Å². The van der Waals surface area contributed by atoms with Gasteiger partial charge in [0.1, 0.15) is 5.75 Å². The molecular weight excluding hydrogens is 378 g/mol. The van der Waals surface area contributed by atoms with E-state index in [4.69, 9.17) is 9.47 Å². The number of fused-ring (bicyclic) bond motifs is 1. The van der Waals surface area contributed by atoms with Gasteiger partial charge in [0.15, 0.2) is 0 Å². The number of rotatable bonds is 7. The molecule has 0 aliphatic carbocycles. The van der Waals surface area contributed by atoms with Crippen LogP contribution < -0.4 is 10.1 Å². The van der Waals surface area contributed by atoms with Gasteiger partial charge in [-0.1, -0.05) is 30.3 Å². The summed E-state index contributed by atoms with van der Waals surface area (Å²) in [6.07, 6.45) is 2.22. The van der Waals surface area contributed by atoms with Gasteiger partial charge in [0.2, 0.25) is 5.91 Å². The first kappa shape index (κ1) is 20.4. The largest absolute Gasteiger partial charge is 0.497 e. The molecule has 3 aromatic rings. The Balaban J connectivity index is 1.52. The molecule has 1 amide bonds. The van der Waals surface area contributed by atoms with Gasteiger partial charge >= 0.3 is 0 Å². The van der Waals surface area contributed by atoms with E-state index in [9.17, 15) is 4.79 Å². The van der Waals surface area contributed by atoms with Crippen LogP contribution in [0.15, 0.2) is 54.7 Å². The quantitative estimate of drug-likeness (QED) is 0.632. The lowest BCUT2D eigenvalue weighted by atomic mass is 9.90. The fraction of sp³-hybridized carbons (Fsp3) is 0.375. The first-order valence-corrected chi connectivity index (χ1v) is 10.4. The van der Waals surface area contributed by atoms with Crippen molar-refractivity contribution in [2.24, 2.45) is 0 Å². The van der Waals surface area contributed by atoms with Crippen LogP contribution in [0.4, 0.5) is 0 Å². The van der Waals surface area contributed by atoms with Crippen molar-refractivity contribution in [1.82, 2.24) is 15.2 Å². The predicted molar refractivity (Wildman–Crippen MR) is 118 cm³/mol. The van der Waals surface area contributed by atoms with Crippen LogP contribution in [-0.4, -0.2) is 61.8 Å². The second kappa shape index (κ2) is 9.32. The number of nitrogens with zero attached hydrogens (tertiary/aromatic N) is 1. The third kappa shape index (κ3) is 4.66. The van der Waals surface area contributed by atoms with Gasteiger partial charge in [-0.3, -0.25) is 9.69 Å². The predicted octanol–water partition coefficient (Wildman–Crippen LogP) is 3.15. The van der Waals surface area contributed by atoms with E-state index in [-0.39, 0.29) is 17.9 Å². The monoisotopic (exact) mass is 407 g/mol. The molecule has 1 aromatic heterocycles. The van der Waals surface area contributed by atoms with Crippen molar-refractivity contribution in [1.29, 1.82) is 0 Å². The van der Waals surface area contributed by atoms with E-state index in [1.165, 1.54) is 10.9 Å². The van der Waals surface area contributed by atoms with Crippen LogP contribution in [0, 0.1) is 0 Å². The number of hydrogen-bond donors (Lipinski definition) is 2.